The SMILES string of the molecule is COc1cc2ccccc2cc1CN1CC(C(=O)O)CCC1C. The summed E-state index contributed by atoms with van der Waals surface area (Å²) in [4.78, 5) is 13.6. The van der Waals surface area contributed by atoms with Crippen molar-refractivity contribution in [2.45, 2.75) is 32.4 Å². The Morgan fingerprint density at radius 2 is 1.96 bits per heavy atom. The molecule has 4 heteroatoms. The third-order valence-electron chi connectivity index (χ3n) is 4.88. The first kappa shape index (κ1) is 15.8. The van der Waals surface area contributed by atoms with Crippen LogP contribution in [0.25, 0.3) is 10.8 Å². The van der Waals surface area contributed by atoms with Crippen LogP contribution in [0.3, 0.4) is 0 Å². The van der Waals surface area contributed by atoms with Gasteiger partial charge in [-0.05, 0) is 42.7 Å². The summed E-state index contributed by atoms with van der Waals surface area (Å²) in [6.45, 7) is 3.50. The summed E-state index contributed by atoms with van der Waals surface area (Å²) in [5, 5.41) is 11.6. The van der Waals surface area contributed by atoms with Crippen molar-refractivity contribution >= 4 is 16.7 Å². The summed E-state index contributed by atoms with van der Waals surface area (Å²) >= 11 is 0. The summed E-state index contributed by atoms with van der Waals surface area (Å²) in [5.74, 6) is -0.0848. The number of fused-ring (bicyclic) bond motifs is 1. The molecule has 0 aromatic heterocycles. The molecular formula is C19H23NO3. The van der Waals surface area contributed by atoms with Crippen molar-refractivity contribution in [1.82, 2.24) is 4.90 Å². The highest BCUT2D eigenvalue weighted by molar-refractivity contribution is 5.85. The average molecular weight is 313 g/mol. The van der Waals surface area contributed by atoms with Gasteiger partial charge in [-0.15, -0.1) is 0 Å². The van der Waals surface area contributed by atoms with Gasteiger partial charge in [0.1, 0.15) is 5.75 Å². The minimum atomic E-state index is -0.688. The molecule has 1 heterocycles. The van der Waals surface area contributed by atoms with Gasteiger partial charge in [0.05, 0.1) is 13.0 Å². The van der Waals surface area contributed by atoms with E-state index in [0.29, 0.717) is 12.6 Å². The van der Waals surface area contributed by atoms with Gasteiger partial charge >= 0.3 is 5.97 Å². The highest BCUT2D eigenvalue weighted by atomic mass is 16.5. The maximum atomic E-state index is 11.3. The number of nitrogens with zero attached hydrogens (tertiary/aromatic N) is 1. The zero-order valence-corrected chi connectivity index (χ0v) is 13.7. The second kappa shape index (κ2) is 6.59. The molecule has 122 valence electrons. The number of carboxylic acids is 1. The lowest BCUT2D eigenvalue weighted by atomic mass is 9.93. The Bertz CT molecular complexity index is 713. The van der Waals surface area contributed by atoms with Crippen LogP contribution in [0.1, 0.15) is 25.3 Å². The number of benzene rings is 2. The fraction of sp³-hybridized carbons (Fsp3) is 0.421. The van der Waals surface area contributed by atoms with Crippen molar-refractivity contribution in [1.29, 1.82) is 0 Å². The van der Waals surface area contributed by atoms with Gasteiger partial charge in [-0.25, -0.2) is 0 Å². The van der Waals surface area contributed by atoms with E-state index in [1.807, 2.05) is 12.1 Å². The van der Waals surface area contributed by atoms with Gasteiger partial charge in [0, 0.05) is 24.7 Å². The van der Waals surface area contributed by atoms with Gasteiger partial charge in [0.25, 0.3) is 0 Å². The molecule has 0 saturated carbocycles. The molecule has 1 aliphatic rings. The molecule has 0 radical (unpaired) electrons. The van der Waals surface area contributed by atoms with Gasteiger partial charge in [-0.3, -0.25) is 9.69 Å². The van der Waals surface area contributed by atoms with Gasteiger partial charge in [0.2, 0.25) is 0 Å². The first-order valence-electron chi connectivity index (χ1n) is 8.11. The Kier molecular flexibility index (Phi) is 4.53. The minimum absolute atomic E-state index is 0.266. The molecule has 1 fully saturated rings. The van der Waals surface area contributed by atoms with Crippen LogP contribution in [0.2, 0.25) is 0 Å². The van der Waals surface area contributed by atoms with Crippen LogP contribution in [-0.2, 0) is 11.3 Å². The Labute approximate surface area is 136 Å². The molecule has 2 aromatic carbocycles. The number of hydrogen-bond donors (Lipinski definition) is 1. The lowest BCUT2D eigenvalue weighted by Gasteiger charge is -2.36. The lowest BCUT2D eigenvalue weighted by Crippen LogP contribution is -2.43. The minimum Gasteiger partial charge on any atom is -0.496 e. The van der Waals surface area contributed by atoms with E-state index in [0.717, 1.165) is 36.1 Å². The second-order valence-corrected chi connectivity index (χ2v) is 6.40. The maximum Gasteiger partial charge on any atom is 0.307 e. The summed E-state index contributed by atoms with van der Waals surface area (Å²) in [5.41, 5.74) is 1.11. The molecule has 1 N–H and O–H groups in total. The number of rotatable bonds is 4. The molecule has 3 rings (SSSR count). The van der Waals surface area contributed by atoms with Gasteiger partial charge in [0.15, 0.2) is 0 Å². The highest BCUT2D eigenvalue weighted by Crippen LogP contribution is 2.30. The molecule has 23 heavy (non-hydrogen) atoms. The maximum absolute atomic E-state index is 11.3. The van der Waals surface area contributed by atoms with E-state index in [9.17, 15) is 9.90 Å². The van der Waals surface area contributed by atoms with Crippen LogP contribution in [0.5, 0.6) is 5.75 Å². The van der Waals surface area contributed by atoms with Crippen LogP contribution in [0.15, 0.2) is 36.4 Å². The number of methoxy groups -OCH3 is 1. The Balaban J connectivity index is 1.88. The van der Waals surface area contributed by atoms with Gasteiger partial charge in [-0.2, -0.15) is 0 Å². The summed E-state index contributed by atoms with van der Waals surface area (Å²) in [7, 11) is 1.69. The monoisotopic (exact) mass is 313 g/mol. The molecule has 0 bridgehead atoms. The molecule has 1 saturated heterocycles. The molecule has 1 aliphatic heterocycles. The van der Waals surface area contributed by atoms with E-state index in [2.05, 4.69) is 36.1 Å². The third kappa shape index (κ3) is 3.32. The predicted molar refractivity (Wildman–Crippen MR) is 90.7 cm³/mol. The van der Waals surface area contributed by atoms with Crippen LogP contribution >= 0.6 is 0 Å². The molecule has 4 nitrogen and oxygen atoms in total. The van der Waals surface area contributed by atoms with Crippen LogP contribution in [0.4, 0.5) is 0 Å². The smallest absolute Gasteiger partial charge is 0.307 e. The number of aliphatic carboxylic acids is 1. The highest BCUT2D eigenvalue weighted by Gasteiger charge is 2.30. The average Bonchev–Trinajstić information content (AvgIpc) is 2.56. The molecule has 0 amide bonds. The van der Waals surface area contributed by atoms with Crippen LogP contribution < -0.4 is 4.74 Å². The van der Waals surface area contributed by atoms with Crippen LogP contribution in [0, 0.1) is 5.92 Å². The summed E-state index contributed by atoms with van der Waals surface area (Å²) < 4.78 is 5.56. The number of ether oxygens (including phenoxy) is 1. The quantitative estimate of drug-likeness (QED) is 0.938. The van der Waals surface area contributed by atoms with Crippen molar-refractivity contribution in [3.63, 3.8) is 0 Å². The first-order valence-corrected chi connectivity index (χ1v) is 8.11. The van der Waals surface area contributed by atoms with Crippen molar-refractivity contribution in [2.24, 2.45) is 5.92 Å². The lowest BCUT2D eigenvalue weighted by molar-refractivity contribution is -0.144. The number of carbonyl (C=O) groups is 1. The number of hydrogen-bond acceptors (Lipinski definition) is 3. The number of piperidine rings is 1. The van der Waals surface area contributed by atoms with Crippen LogP contribution in [-0.4, -0.2) is 35.7 Å². The molecular weight excluding hydrogens is 290 g/mol. The standard InChI is InChI=1S/C19H23NO3/c1-13-7-8-16(19(21)22)11-20(13)12-17-9-14-5-3-4-6-15(14)10-18(17)23-2/h3-6,9-10,13,16H,7-8,11-12H2,1-2H3,(H,21,22). The van der Waals surface area contributed by atoms with Crippen molar-refractivity contribution in [3.05, 3.63) is 42.0 Å². The Morgan fingerprint density at radius 1 is 1.26 bits per heavy atom. The van der Waals surface area contributed by atoms with Gasteiger partial charge in [-0.1, -0.05) is 24.3 Å². The third-order valence-corrected chi connectivity index (χ3v) is 4.88. The Hall–Kier alpha value is -2.07. The predicted octanol–water partition coefficient (Wildman–Crippen LogP) is 3.53. The van der Waals surface area contributed by atoms with Crippen molar-refractivity contribution in [2.75, 3.05) is 13.7 Å². The number of likely N-dealkylation sites (tertiary alicyclic amines) is 1. The topological polar surface area (TPSA) is 49.8 Å². The number of carboxylic acid groups (broad SMARTS) is 1. The van der Waals surface area contributed by atoms with E-state index >= 15 is 0 Å². The fourth-order valence-corrected chi connectivity index (χ4v) is 3.40. The molecule has 2 aromatic rings. The van der Waals surface area contributed by atoms with Gasteiger partial charge < -0.3 is 9.84 Å². The summed E-state index contributed by atoms with van der Waals surface area (Å²) in [6, 6.07) is 12.8. The zero-order valence-electron chi connectivity index (χ0n) is 13.7. The van der Waals surface area contributed by atoms with E-state index < -0.39 is 5.97 Å². The summed E-state index contributed by atoms with van der Waals surface area (Å²) in [6.07, 6.45) is 1.69. The zero-order chi connectivity index (χ0) is 16.4. The Morgan fingerprint density at radius 3 is 2.61 bits per heavy atom. The van der Waals surface area contributed by atoms with E-state index in [-0.39, 0.29) is 5.92 Å². The van der Waals surface area contributed by atoms with E-state index in [1.165, 1.54) is 5.39 Å². The second-order valence-electron chi connectivity index (χ2n) is 6.40. The first-order chi connectivity index (χ1) is 11.1. The van der Waals surface area contributed by atoms with E-state index in [1.54, 1.807) is 7.11 Å². The molecule has 0 spiro atoms. The largest absolute Gasteiger partial charge is 0.496 e. The fourth-order valence-electron chi connectivity index (χ4n) is 3.40. The van der Waals surface area contributed by atoms with Crippen molar-refractivity contribution < 1.29 is 14.6 Å². The molecule has 2 unspecified atom stereocenters. The van der Waals surface area contributed by atoms with Crippen molar-refractivity contribution in [3.8, 4) is 5.75 Å². The molecule has 0 aliphatic carbocycles. The van der Waals surface area contributed by atoms with E-state index in [4.69, 9.17) is 4.74 Å². The molecule has 2 atom stereocenters. The normalized spacial score (nSPS) is 22.2.